The third-order valence-corrected chi connectivity index (χ3v) is 9.29. The molecule has 0 fully saturated rings. The van der Waals surface area contributed by atoms with Gasteiger partial charge in [-0.1, -0.05) is 103 Å². The normalized spacial score (nSPS) is 12.2. The van der Waals surface area contributed by atoms with E-state index >= 15 is 0 Å². The molecule has 0 aliphatic carbocycles. The van der Waals surface area contributed by atoms with Crippen molar-refractivity contribution in [2.75, 3.05) is 0 Å². The molecule has 0 aliphatic heterocycles. The molecule has 176 valence electrons. The van der Waals surface area contributed by atoms with E-state index in [0.29, 0.717) is 0 Å². The summed E-state index contributed by atoms with van der Waals surface area (Å²) in [5.41, 5.74) is 3.76. The first-order valence-corrected chi connectivity index (χ1v) is 13.9. The molecule has 9 aromatic rings. The Morgan fingerprint density at radius 3 is 1.61 bits per heavy atom. The summed E-state index contributed by atoms with van der Waals surface area (Å²) in [6, 6.07) is 47.1. The second-order valence-corrected chi connectivity index (χ2v) is 11.2. The lowest BCUT2D eigenvalue weighted by molar-refractivity contribution is 1.36. The van der Waals surface area contributed by atoms with Gasteiger partial charge in [0.1, 0.15) is 0 Å². The number of aromatic nitrogens is 1. The summed E-state index contributed by atoms with van der Waals surface area (Å²) in [4.78, 5) is 0. The van der Waals surface area contributed by atoms with Gasteiger partial charge in [0.05, 0.1) is 16.6 Å². The quantitative estimate of drug-likeness (QED) is 0.195. The molecule has 0 N–H and O–H groups in total. The third kappa shape index (κ3) is 2.60. The number of fused-ring (bicyclic) bond motifs is 13. The van der Waals surface area contributed by atoms with Crippen LogP contribution in [-0.2, 0) is 0 Å². The van der Waals surface area contributed by atoms with Crippen molar-refractivity contribution in [3.8, 4) is 0 Å². The molecule has 38 heavy (non-hydrogen) atoms. The van der Waals surface area contributed by atoms with E-state index in [2.05, 4.69) is 132 Å². The molecule has 0 amide bonds. The summed E-state index contributed by atoms with van der Waals surface area (Å²) in [7, 11) is 0. The number of hydrogen-bond donors (Lipinski definition) is 0. The molecule has 0 unspecified atom stereocenters. The number of hydrogen-bond acceptors (Lipinski definition) is 1. The van der Waals surface area contributed by atoms with E-state index < -0.39 is 0 Å². The highest BCUT2D eigenvalue weighted by atomic mass is 32.1. The van der Waals surface area contributed by atoms with E-state index in [-0.39, 0.29) is 0 Å². The Morgan fingerprint density at radius 2 is 0.868 bits per heavy atom. The fourth-order valence-corrected chi connectivity index (χ4v) is 7.67. The first-order valence-electron chi connectivity index (χ1n) is 13.0. The van der Waals surface area contributed by atoms with Crippen molar-refractivity contribution < 1.29 is 0 Å². The maximum Gasteiger partial charge on any atom is 0.0619 e. The van der Waals surface area contributed by atoms with Gasteiger partial charge in [-0.2, -0.15) is 0 Å². The molecule has 0 saturated heterocycles. The van der Waals surface area contributed by atoms with Crippen molar-refractivity contribution in [3.63, 3.8) is 0 Å². The van der Waals surface area contributed by atoms with Crippen molar-refractivity contribution in [2.45, 2.75) is 0 Å². The maximum atomic E-state index is 2.53. The zero-order valence-corrected chi connectivity index (χ0v) is 21.3. The van der Waals surface area contributed by atoms with Crippen LogP contribution in [0.2, 0.25) is 0 Å². The van der Waals surface area contributed by atoms with Crippen LogP contribution in [0.25, 0.3) is 79.8 Å². The Hall–Kier alpha value is -4.66. The molecular weight excluding hydrogens is 478 g/mol. The second kappa shape index (κ2) is 7.44. The monoisotopic (exact) mass is 499 g/mol. The first kappa shape index (κ1) is 20.4. The Morgan fingerprint density at radius 1 is 0.342 bits per heavy atom. The predicted molar refractivity (Wildman–Crippen MR) is 167 cm³/mol. The largest absolute Gasteiger partial charge is 0.308 e. The highest BCUT2D eigenvalue weighted by Gasteiger charge is 2.16. The van der Waals surface area contributed by atoms with Gasteiger partial charge in [-0.3, -0.25) is 0 Å². The number of benzene rings is 6. The van der Waals surface area contributed by atoms with Crippen LogP contribution < -0.4 is 0 Å². The van der Waals surface area contributed by atoms with Crippen molar-refractivity contribution >= 4 is 91.1 Å². The predicted octanol–water partition coefficient (Wildman–Crippen LogP) is 10.6. The zero-order valence-electron chi connectivity index (χ0n) is 20.5. The molecule has 0 saturated carbocycles. The Balaban J connectivity index is 1.70. The Bertz CT molecular complexity index is 2460. The van der Waals surface area contributed by atoms with Crippen LogP contribution in [0, 0.1) is 0 Å². The molecular formula is C36H21NS. The fourth-order valence-electron chi connectivity index (χ4n) is 6.55. The summed E-state index contributed by atoms with van der Waals surface area (Å²) in [6.07, 6.45) is 0. The van der Waals surface area contributed by atoms with Gasteiger partial charge >= 0.3 is 0 Å². The van der Waals surface area contributed by atoms with Crippen LogP contribution in [0.4, 0.5) is 0 Å². The summed E-state index contributed by atoms with van der Waals surface area (Å²) in [6.45, 7) is 0. The van der Waals surface area contributed by atoms with Crippen LogP contribution in [0.3, 0.4) is 0 Å². The maximum absolute atomic E-state index is 2.53. The van der Waals surface area contributed by atoms with Gasteiger partial charge in [0.2, 0.25) is 0 Å². The van der Waals surface area contributed by atoms with E-state index in [1.165, 1.54) is 79.8 Å². The number of para-hydroxylation sites is 2. The van der Waals surface area contributed by atoms with E-state index in [4.69, 9.17) is 0 Å². The number of rotatable bonds is 0. The van der Waals surface area contributed by atoms with E-state index in [1.807, 2.05) is 11.3 Å². The van der Waals surface area contributed by atoms with E-state index in [9.17, 15) is 0 Å². The second-order valence-electron chi connectivity index (χ2n) is 10.1. The first-order chi connectivity index (χ1) is 18.9. The third-order valence-electron chi connectivity index (χ3n) is 8.16. The smallest absolute Gasteiger partial charge is 0.0619 e. The van der Waals surface area contributed by atoms with Gasteiger partial charge in [0.25, 0.3) is 0 Å². The molecule has 9 rings (SSSR count). The van der Waals surface area contributed by atoms with Crippen LogP contribution in [-0.4, -0.2) is 4.40 Å². The lowest BCUT2D eigenvalue weighted by atomic mass is 10.0. The standard InChI is InChI=1S/C36H21NS/c1-3-12-24-22(10-1)23-11-2-4-13-25(23)28-16-9-17-29-30-20-31-27-15-6-8-19-34(27)38-35(31)21-33(30)37(36(28)29)32-18-7-5-14-26(24)32/h1-21H. The molecule has 0 aliphatic rings. The van der Waals surface area contributed by atoms with Gasteiger partial charge in [-0.25, -0.2) is 0 Å². The lowest BCUT2D eigenvalue weighted by Gasteiger charge is -2.04. The highest BCUT2D eigenvalue weighted by Crippen LogP contribution is 2.42. The highest BCUT2D eigenvalue weighted by molar-refractivity contribution is 7.25. The van der Waals surface area contributed by atoms with Crippen LogP contribution in [0.15, 0.2) is 127 Å². The van der Waals surface area contributed by atoms with Gasteiger partial charge in [-0.15, -0.1) is 11.3 Å². The van der Waals surface area contributed by atoms with Crippen molar-refractivity contribution in [2.24, 2.45) is 0 Å². The minimum Gasteiger partial charge on any atom is -0.308 e. The van der Waals surface area contributed by atoms with Gasteiger partial charge in [0, 0.05) is 41.7 Å². The zero-order chi connectivity index (χ0) is 24.8. The summed E-state index contributed by atoms with van der Waals surface area (Å²) in [5.74, 6) is 0. The van der Waals surface area contributed by atoms with Crippen LogP contribution in [0.5, 0.6) is 0 Å². The average Bonchev–Trinajstić information content (AvgIpc) is 3.51. The molecule has 0 atom stereocenters. The van der Waals surface area contributed by atoms with Gasteiger partial charge in [0.15, 0.2) is 0 Å². The SMILES string of the molecule is c1ccc2c(c1)sc1cc3c(cc12)c1cccc2c4ccccc4c4ccccc4c4ccccc4n3c21. The lowest BCUT2D eigenvalue weighted by Crippen LogP contribution is -1.86. The summed E-state index contributed by atoms with van der Waals surface area (Å²) >= 11 is 1.89. The van der Waals surface area contributed by atoms with E-state index in [0.717, 1.165) is 0 Å². The molecule has 0 radical (unpaired) electrons. The van der Waals surface area contributed by atoms with Gasteiger partial charge in [-0.05, 0) is 45.8 Å². The number of nitrogens with zero attached hydrogens (tertiary/aromatic N) is 1. The van der Waals surface area contributed by atoms with Gasteiger partial charge < -0.3 is 4.40 Å². The molecule has 1 nitrogen and oxygen atoms in total. The Labute approximate surface area is 222 Å². The minimum atomic E-state index is 1.22. The van der Waals surface area contributed by atoms with Crippen molar-refractivity contribution in [1.29, 1.82) is 0 Å². The summed E-state index contributed by atoms with van der Waals surface area (Å²) in [5, 5.41) is 12.9. The minimum absolute atomic E-state index is 1.22. The molecule has 3 aromatic heterocycles. The molecule has 0 spiro atoms. The van der Waals surface area contributed by atoms with E-state index in [1.54, 1.807) is 0 Å². The molecule has 6 aromatic carbocycles. The van der Waals surface area contributed by atoms with Crippen LogP contribution in [0.1, 0.15) is 0 Å². The molecule has 0 bridgehead atoms. The van der Waals surface area contributed by atoms with Crippen LogP contribution >= 0.6 is 11.3 Å². The van der Waals surface area contributed by atoms with Crippen molar-refractivity contribution in [1.82, 2.24) is 4.40 Å². The number of thiophene rings is 1. The Kier molecular flexibility index (Phi) is 3.99. The average molecular weight is 500 g/mol. The summed E-state index contributed by atoms with van der Waals surface area (Å²) < 4.78 is 5.20. The molecule has 3 heterocycles. The fraction of sp³-hybridized carbons (Fsp3) is 0. The topological polar surface area (TPSA) is 4.41 Å². The van der Waals surface area contributed by atoms with Crippen molar-refractivity contribution in [3.05, 3.63) is 127 Å². The molecule has 2 heteroatoms.